The zero-order valence-corrected chi connectivity index (χ0v) is 14.7. The van der Waals surface area contributed by atoms with Crippen LogP contribution in [0.1, 0.15) is 41.5 Å². The number of Topliss-reactive ketones (excluding diaryl/α,β-unsaturated/α-hetero) is 1. The Morgan fingerprint density at radius 2 is 1.20 bits per heavy atom. The highest BCUT2D eigenvalue weighted by atomic mass is 32.2. The lowest BCUT2D eigenvalue weighted by Gasteiger charge is -2.31. The summed E-state index contributed by atoms with van der Waals surface area (Å²) in [6.07, 6.45) is 4.17. The van der Waals surface area contributed by atoms with Crippen LogP contribution in [0.3, 0.4) is 0 Å². The molecule has 0 unspecified atom stereocenters. The molecule has 0 bridgehead atoms. The van der Waals surface area contributed by atoms with E-state index in [-0.39, 0.29) is 16.6 Å². The van der Waals surface area contributed by atoms with Gasteiger partial charge in [-0.3, -0.25) is 4.79 Å². The highest BCUT2D eigenvalue weighted by Crippen LogP contribution is 2.45. The van der Waals surface area contributed by atoms with E-state index in [1.807, 2.05) is 0 Å². The van der Waals surface area contributed by atoms with E-state index in [0.29, 0.717) is 0 Å². The van der Waals surface area contributed by atoms with Crippen molar-refractivity contribution in [3.8, 4) is 0 Å². The van der Waals surface area contributed by atoms with E-state index in [2.05, 4.69) is 64.5 Å². The standard InChI is InChI=1S/C17H22OS2/c1-16(2,3)12-9-11(15-19-7-8-20-15)10-13(14(12)18)17(4,5)6/h7-10H,1-6H3. The van der Waals surface area contributed by atoms with Crippen LogP contribution in [0.4, 0.5) is 0 Å². The molecule has 1 heterocycles. The van der Waals surface area contributed by atoms with Gasteiger partial charge in [0.2, 0.25) is 0 Å². The minimum atomic E-state index is -0.130. The predicted molar refractivity (Wildman–Crippen MR) is 91.4 cm³/mol. The summed E-state index contributed by atoms with van der Waals surface area (Å²) in [6.45, 7) is 12.7. The zero-order chi connectivity index (χ0) is 15.1. The van der Waals surface area contributed by atoms with Gasteiger partial charge in [-0.15, -0.1) is 0 Å². The molecule has 0 fully saturated rings. The number of thioether (sulfide) groups is 2. The molecule has 0 aromatic heterocycles. The van der Waals surface area contributed by atoms with Gasteiger partial charge in [0.05, 0.1) is 4.24 Å². The Labute approximate surface area is 130 Å². The Hall–Kier alpha value is -0.670. The molecule has 0 spiro atoms. The summed E-state index contributed by atoms with van der Waals surface area (Å²) in [6, 6.07) is 0. The van der Waals surface area contributed by atoms with Gasteiger partial charge in [-0.1, -0.05) is 65.1 Å². The molecule has 2 aliphatic rings. The average Bonchev–Trinajstić information content (AvgIpc) is 2.79. The van der Waals surface area contributed by atoms with Crippen LogP contribution in [0, 0.1) is 10.8 Å². The van der Waals surface area contributed by atoms with Crippen LogP contribution in [0.2, 0.25) is 0 Å². The van der Waals surface area contributed by atoms with Crippen molar-refractivity contribution in [1.29, 1.82) is 0 Å². The van der Waals surface area contributed by atoms with Crippen molar-refractivity contribution in [2.24, 2.45) is 10.8 Å². The first-order chi connectivity index (χ1) is 9.10. The molecule has 0 amide bonds. The fraction of sp³-hybridized carbons (Fsp3) is 0.471. The van der Waals surface area contributed by atoms with Gasteiger partial charge in [0, 0.05) is 11.1 Å². The molecule has 1 aliphatic heterocycles. The van der Waals surface area contributed by atoms with E-state index < -0.39 is 0 Å². The van der Waals surface area contributed by atoms with Crippen molar-refractivity contribution in [3.05, 3.63) is 43.9 Å². The second kappa shape index (κ2) is 5.27. The minimum absolute atomic E-state index is 0.130. The van der Waals surface area contributed by atoms with Crippen LogP contribution in [-0.4, -0.2) is 5.78 Å². The number of hydrogen-bond donors (Lipinski definition) is 0. The third kappa shape index (κ3) is 3.15. The Morgan fingerprint density at radius 1 is 0.800 bits per heavy atom. The molecule has 2 rings (SSSR count). The number of hydrogen-bond acceptors (Lipinski definition) is 3. The Morgan fingerprint density at radius 3 is 1.55 bits per heavy atom. The number of allylic oxidation sites excluding steroid dienone is 5. The lowest BCUT2D eigenvalue weighted by Crippen LogP contribution is -2.28. The first kappa shape index (κ1) is 15.7. The normalized spacial score (nSPS) is 20.4. The fourth-order valence-corrected chi connectivity index (χ4v) is 3.96. The molecule has 0 atom stereocenters. The Bertz CT molecular complexity index is 515. The minimum Gasteiger partial charge on any atom is -0.289 e. The first-order valence-electron chi connectivity index (χ1n) is 6.82. The summed E-state index contributed by atoms with van der Waals surface area (Å²) < 4.78 is 1.26. The molecule has 0 N–H and O–H groups in total. The highest BCUT2D eigenvalue weighted by molar-refractivity contribution is 8.27. The maximum Gasteiger partial charge on any atom is 0.186 e. The summed E-state index contributed by atoms with van der Waals surface area (Å²) in [7, 11) is 0. The maximum atomic E-state index is 12.8. The molecule has 108 valence electrons. The van der Waals surface area contributed by atoms with Crippen molar-refractivity contribution in [3.63, 3.8) is 0 Å². The van der Waals surface area contributed by atoms with Crippen LogP contribution >= 0.6 is 23.5 Å². The third-order valence-electron chi connectivity index (χ3n) is 3.35. The molecule has 0 radical (unpaired) electrons. The van der Waals surface area contributed by atoms with Gasteiger partial charge in [-0.05, 0) is 39.4 Å². The third-order valence-corrected chi connectivity index (χ3v) is 5.54. The molecule has 1 aliphatic carbocycles. The van der Waals surface area contributed by atoms with Crippen molar-refractivity contribution in [2.45, 2.75) is 41.5 Å². The van der Waals surface area contributed by atoms with Gasteiger partial charge in [0.25, 0.3) is 0 Å². The van der Waals surface area contributed by atoms with Gasteiger partial charge in [-0.2, -0.15) is 0 Å². The average molecular weight is 306 g/mol. The lowest BCUT2D eigenvalue weighted by molar-refractivity contribution is -0.114. The lowest BCUT2D eigenvalue weighted by atomic mass is 9.72. The van der Waals surface area contributed by atoms with E-state index in [1.54, 1.807) is 23.5 Å². The Kier molecular flexibility index (Phi) is 4.14. The largest absolute Gasteiger partial charge is 0.289 e. The summed E-state index contributed by atoms with van der Waals surface area (Å²) in [4.78, 5) is 12.8. The Balaban J connectivity index is 2.57. The topological polar surface area (TPSA) is 17.1 Å². The molecular weight excluding hydrogens is 284 g/mol. The van der Waals surface area contributed by atoms with Crippen LogP contribution in [0.25, 0.3) is 0 Å². The van der Waals surface area contributed by atoms with E-state index in [0.717, 1.165) is 11.1 Å². The second-order valence-electron chi connectivity index (χ2n) is 7.20. The van der Waals surface area contributed by atoms with Crippen molar-refractivity contribution in [1.82, 2.24) is 0 Å². The molecule has 0 aromatic rings. The van der Waals surface area contributed by atoms with Crippen molar-refractivity contribution >= 4 is 29.3 Å². The van der Waals surface area contributed by atoms with Crippen molar-refractivity contribution < 1.29 is 4.79 Å². The molecule has 0 saturated carbocycles. The molecule has 3 heteroatoms. The second-order valence-corrected chi connectivity index (χ2v) is 9.29. The zero-order valence-electron chi connectivity index (χ0n) is 13.0. The molecular formula is C17H22OS2. The fourth-order valence-electron chi connectivity index (χ4n) is 2.20. The van der Waals surface area contributed by atoms with Crippen LogP contribution in [-0.2, 0) is 4.79 Å². The maximum absolute atomic E-state index is 12.8. The van der Waals surface area contributed by atoms with E-state index in [1.165, 1.54) is 9.81 Å². The van der Waals surface area contributed by atoms with E-state index >= 15 is 0 Å². The SMILES string of the molecule is CC(C)(C)C1=CC(=C2SC=CS2)C=C(C(C)(C)C)C1=O. The number of carbonyl (C=O) groups is 1. The molecule has 1 nitrogen and oxygen atoms in total. The molecule has 20 heavy (non-hydrogen) atoms. The summed E-state index contributed by atoms with van der Waals surface area (Å²) in [5.41, 5.74) is 2.75. The van der Waals surface area contributed by atoms with Gasteiger partial charge < -0.3 is 0 Å². The quantitative estimate of drug-likeness (QED) is 0.573. The first-order valence-corrected chi connectivity index (χ1v) is 8.58. The van der Waals surface area contributed by atoms with Crippen LogP contribution in [0.15, 0.2) is 43.9 Å². The van der Waals surface area contributed by atoms with Crippen LogP contribution in [0.5, 0.6) is 0 Å². The van der Waals surface area contributed by atoms with Crippen molar-refractivity contribution in [2.75, 3.05) is 0 Å². The number of carbonyl (C=O) groups excluding carboxylic acids is 1. The van der Waals surface area contributed by atoms with Crippen LogP contribution < -0.4 is 0 Å². The monoisotopic (exact) mass is 306 g/mol. The van der Waals surface area contributed by atoms with Gasteiger partial charge in [0.15, 0.2) is 5.78 Å². The van der Waals surface area contributed by atoms with Gasteiger partial charge >= 0.3 is 0 Å². The molecule has 0 saturated heterocycles. The summed E-state index contributed by atoms with van der Waals surface area (Å²) in [5.74, 6) is 0.204. The summed E-state index contributed by atoms with van der Waals surface area (Å²) >= 11 is 3.47. The smallest absolute Gasteiger partial charge is 0.186 e. The van der Waals surface area contributed by atoms with Gasteiger partial charge in [0.1, 0.15) is 0 Å². The van der Waals surface area contributed by atoms with E-state index in [9.17, 15) is 4.79 Å². The van der Waals surface area contributed by atoms with Gasteiger partial charge in [-0.25, -0.2) is 0 Å². The summed E-state index contributed by atoms with van der Waals surface area (Å²) in [5, 5.41) is 4.19. The number of rotatable bonds is 0. The predicted octanol–water partition coefficient (Wildman–Crippen LogP) is 5.68. The van der Waals surface area contributed by atoms with E-state index in [4.69, 9.17) is 0 Å². The number of ketones is 1. The molecule has 0 aromatic carbocycles. The highest BCUT2D eigenvalue weighted by Gasteiger charge is 2.34.